The molecule has 0 radical (unpaired) electrons. The highest BCUT2D eigenvalue weighted by molar-refractivity contribution is 5.71. The van der Waals surface area contributed by atoms with Gasteiger partial charge in [-0.25, -0.2) is 4.79 Å². The number of carbonyl (C=O) groups is 2. The van der Waals surface area contributed by atoms with Crippen molar-refractivity contribution in [3.8, 4) is 5.75 Å². The van der Waals surface area contributed by atoms with E-state index in [0.717, 1.165) is 31.9 Å². The first-order valence-electron chi connectivity index (χ1n) is 7.07. The molecule has 120 valence electrons. The van der Waals surface area contributed by atoms with Crippen molar-refractivity contribution in [2.45, 2.75) is 0 Å². The lowest BCUT2D eigenvalue weighted by Crippen LogP contribution is -2.47. The van der Waals surface area contributed by atoms with Crippen molar-refractivity contribution in [2.75, 3.05) is 51.3 Å². The maximum atomic E-state index is 11.0. The van der Waals surface area contributed by atoms with Crippen molar-refractivity contribution < 1.29 is 24.2 Å². The van der Waals surface area contributed by atoms with Crippen molar-refractivity contribution in [3.05, 3.63) is 24.3 Å². The minimum absolute atomic E-state index is 0.0914. The fraction of sp³-hybridized carbons (Fsp3) is 0.467. The maximum Gasteiger partial charge on any atom is 0.343 e. The van der Waals surface area contributed by atoms with Gasteiger partial charge in [-0.1, -0.05) is 0 Å². The highest BCUT2D eigenvalue weighted by atomic mass is 16.6. The largest absolute Gasteiger partial charge is 0.482 e. The summed E-state index contributed by atoms with van der Waals surface area (Å²) >= 11 is 0. The molecule has 0 unspecified atom stereocenters. The first-order chi connectivity index (χ1) is 10.6. The molecule has 1 aromatic rings. The van der Waals surface area contributed by atoms with Gasteiger partial charge >= 0.3 is 11.9 Å². The molecule has 1 aliphatic rings. The highest BCUT2D eigenvalue weighted by Crippen LogP contribution is 2.20. The normalized spacial score (nSPS) is 15.4. The van der Waals surface area contributed by atoms with E-state index in [0.29, 0.717) is 5.75 Å². The number of hydrogen-bond acceptors (Lipinski definition) is 6. The molecule has 1 aromatic carbocycles. The zero-order chi connectivity index (χ0) is 15.9. The summed E-state index contributed by atoms with van der Waals surface area (Å²) in [6.07, 6.45) is 0. The summed E-state index contributed by atoms with van der Waals surface area (Å²) in [6, 6.07) is 7.47. The molecule has 22 heavy (non-hydrogen) atoms. The van der Waals surface area contributed by atoms with Crippen LogP contribution in [0.1, 0.15) is 0 Å². The van der Waals surface area contributed by atoms with Gasteiger partial charge in [-0.3, -0.25) is 9.69 Å². The van der Waals surface area contributed by atoms with Crippen LogP contribution in [0.15, 0.2) is 24.3 Å². The van der Waals surface area contributed by atoms with E-state index < -0.39 is 11.9 Å². The van der Waals surface area contributed by atoms with Crippen LogP contribution in [0, 0.1) is 0 Å². The summed E-state index contributed by atoms with van der Waals surface area (Å²) < 4.78 is 9.80. The van der Waals surface area contributed by atoms with Crippen LogP contribution in [0.5, 0.6) is 5.75 Å². The van der Waals surface area contributed by atoms with E-state index in [-0.39, 0.29) is 13.2 Å². The average Bonchev–Trinajstić information content (AvgIpc) is 2.53. The Hall–Kier alpha value is -2.28. The average molecular weight is 308 g/mol. The zero-order valence-electron chi connectivity index (χ0n) is 12.5. The number of rotatable bonds is 6. The molecule has 0 saturated carbocycles. The maximum absolute atomic E-state index is 11.0. The van der Waals surface area contributed by atoms with Gasteiger partial charge in [-0.15, -0.1) is 0 Å². The third-order valence-electron chi connectivity index (χ3n) is 3.52. The number of methoxy groups -OCH3 is 1. The van der Waals surface area contributed by atoms with Gasteiger partial charge in [-0.05, 0) is 24.3 Å². The van der Waals surface area contributed by atoms with Crippen LogP contribution in [0.25, 0.3) is 0 Å². The van der Waals surface area contributed by atoms with Crippen molar-refractivity contribution in [3.63, 3.8) is 0 Å². The lowest BCUT2D eigenvalue weighted by atomic mass is 10.2. The monoisotopic (exact) mass is 308 g/mol. The van der Waals surface area contributed by atoms with Crippen LogP contribution < -0.4 is 9.64 Å². The predicted octanol–water partition coefficient (Wildman–Crippen LogP) is 0.445. The number of carbonyl (C=O) groups excluding carboxylic acids is 1. The molecular weight excluding hydrogens is 288 g/mol. The molecule has 0 atom stereocenters. The topological polar surface area (TPSA) is 79.3 Å². The van der Waals surface area contributed by atoms with Crippen LogP contribution >= 0.6 is 0 Å². The molecule has 0 aromatic heterocycles. The number of anilines is 1. The molecule has 1 heterocycles. The fourth-order valence-corrected chi connectivity index (χ4v) is 2.31. The van der Waals surface area contributed by atoms with Gasteiger partial charge in [0.15, 0.2) is 6.61 Å². The highest BCUT2D eigenvalue weighted by Gasteiger charge is 2.18. The summed E-state index contributed by atoms with van der Waals surface area (Å²) in [5.41, 5.74) is 1.06. The third kappa shape index (κ3) is 4.63. The molecule has 7 heteroatoms. The van der Waals surface area contributed by atoms with Crippen LogP contribution in [0.2, 0.25) is 0 Å². The molecule has 1 N–H and O–H groups in total. The molecule has 0 bridgehead atoms. The number of hydrogen-bond donors (Lipinski definition) is 1. The van der Waals surface area contributed by atoms with E-state index in [2.05, 4.69) is 9.64 Å². The predicted molar refractivity (Wildman–Crippen MR) is 80.2 cm³/mol. The van der Waals surface area contributed by atoms with Gasteiger partial charge in [0.05, 0.1) is 13.7 Å². The zero-order valence-corrected chi connectivity index (χ0v) is 12.5. The fourth-order valence-electron chi connectivity index (χ4n) is 2.31. The number of carboxylic acid groups (broad SMARTS) is 1. The molecule has 1 aliphatic heterocycles. The lowest BCUT2D eigenvalue weighted by Gasteiger charge is -2.35. The summed E-state index contributed by atoms with van der Waals surface area (Å²) in [5.74, 6) is -0.599. The Morgan fingerprint density at radius 2 is 1.77 bits per heavy atom. The number of carboxylic acids is 1. The van der Waals surface area contributed by atoms with Gasteiger partial charge in [0, 0.05) is 31.9 Å². The first kappa shape index (κ1) is 16.1. The van der Waals surface area contributed by atoms with Crippen molar-refractivity contribution >= 4 is 17.6 Å². The van der Waals surface area contributed by atoms with Crippen LogP contribution in [-0.4, -0.2) is 68.4 Å². The number of nitrogens with zero attached hydrogens (tertiary/aromatic N) is 2. The molecule has 0 amide bonds. The Bertz CT molecular complexity index is 509. The Morgan fingerprint density at radius 3 is 2.32 bits per heavy atom. The van der Waals surface area contributed by atoms with Crippen molar-refractivity contribution in [2.24, 2.45) is 0 Å². The number of benzene rings is 1. The Morgan fingerprint density at radius 1 is 1.14 bits per heavy atom. The summed E-state index contributed by atoms with van der Waals surface area (Å²) in [5, 5.41) is 8.78. The third-order valence-corrected chi connectivity index (χ3v) is 3.52. The number of aliphatic carboxylic acids is 1. The SMILES string of the molecule is COC(=O)COc1ccc(N2CCN(CC(=O)O)CC2)cc1. The van der Waals surface area contributed by atoms with Crippen LogP contribution in [0.4, 0.5) is 5.69 Å². The van der Waals surface area contributed by atoms with Crippen molar-refractivity contribution in [1.82, 2.24) is 4.90 Å². The first-order valence-corrected chi connectivity index (χ1v) is 7.07. The lowest BCUT2D eigenvalue weighted by molar-refractivity contribution is -0.143. The Balaban J connectivity index is 1.84. The summed E-state index contributed by atoms with van der Waals surface area (Å²) in [6.45, 7) is 3.02. The van der Waals surface area contributed by atoms with Gasteiger partial charge < -0.3 is 19.5 Å². The standard InChI is InChI=1S/C15H20N2O5/c1-21-15(20)11-22-13-4-2-12(3-5-13)17-8-6-16(7-9-17)10-14(18)19/h2-5H,6-11H2,1H3,(H,18,19). The van der Waals surface area contributed by atoms with Gasteiger partial charge in [0.2, 0.25) is 0 Å². The van der Waals surface area contributed by atoms with Crippen LogP contribution in [0.3, 0.4) is 0 Å². The molecular formula is C15H20N2O5. The van der Waals surface area contributed by atoms with Gasteiger partial charge in [0.1, 0.15) is 5.75 Å². The van der Waals surface area contributed by atoms with E-state index in [1.54, 1.807) is 0 Å². The van der Waals surface area contributed by atoms with Crippen LogP contribution in [-0.2, 0) is 14.3 Å². The number of esters is 1. The second-order valence-electron chi connectivity index (χ2n) is 5.02. The smallest absolute Gasteiger partial charge is 0.343 e. The minimum atomic E-state index is -0.791. The van der Waals surface area contributed by atoms with E-state index >= 15 is 0 Å². The molecule has 7 nitrogen and oxygen atoms in total. The van der Waals surface area contributed by atoms with E-state index in [4.69, 9.17) is 9.84 Å². The van der Waals surface area contributed by atoms with Gasteiger partial charge in [-0.2, -0.15) is 0 Å². The van der Waals surface area contributed by atoms with E-state index in [9.17, 15) is 9.59 Å². The second-order valence-corrected chi connectivity index (χ2v) is 5.02. The summed E-state index contributed by atoms with van der Waals surface area (Å²) in [4.78, 5) is 25.8. The summed E-state index contributed by atoms with van der Waals surface area (Å²) in [7, 11) is 1.32. The Labute approximate surface area is 129 Å². The Kier molecular flexibility index (Phi) is 5.60. The quantitative estimate of drug-likeness (QED) is 0.764. The molecule has 1 saturated heterocycles. The number of piperazine rings is 1. The van der Waals surface area contributed by atoms with E-state index in [1.807, 2.05) is 29.2 Å². The van der Waals surface area contributed by atoms with E-state index in [1.165, 1.54) is 7.11 Å². The molecule has 0 spiro atoms. The van der Waals surface area contributed by atoms with Gasteiger partial charge in [0.25, 0.3) is 0 Å². The number of ether oxygens (including phenoxy) is 2. The second kappa shape index (κ2) is 7.65. The molecule has 2 rings (SSSR count). The molecule has 0 aliphatic carbocycles. The van der Waals surface area contributed by atoms with Crippen molar-refractivity contribution in [1.29, 1.82) is 0 Å². The minimum Gasteiger partial charge on any atom is -0.482 e. The molecule has 1 fully saturated rings.